The molecule has 1 atom stereocenters. The van der Waals surface area contributed by atoms with Gasteiger partial charge < -0.3 is 10.2 Å². The highest BCUT2D eigenvalue weighted by atomic mass is 35.5. The lowest BCUT2D eigenvalue weighted by Gasteiger charge is -2.27. The number of amides is 1. The largest absolute Gasteiger partial charge is 0.339 e. The van der Waals surface area contributed by atoms with Crippen molar-refractivity contribution in [2.75, 3.05) is 13.6 Å². The molecule has 0 aromatic carbocycles. The van der Waals surface area contributed by atoms with Gasteiger partial charge in [-0.15, -0.1) is 24.8 Å². The summed E-state index contributed by atoms with van der Waals surface area (Å²) in [6.07, 6.45) is 5.02. The minimum atomic E-state index is -0.00235. The number of nitrogens with one attached hydrogen (secondary N) is 1. The summed E-state index contributed by atoms with van der Waals surface area (Å²) in [6, 6.07) is 5.77. The number of carbonyl (C=O) groups is 1. The number of hydrogen-bond donors (Lipinski definition) is 1. The topological polar surface area (TPSA) is 45.2 Å². The quantitative estimate of drug-likeness (QED) is 0.929. The Hall–Kier alpha value is -0.840. The molecule has 0 radical (unpaired) electrons. The smallest absolute Gasteiger partial charge is 0.239 e. The maximum absolute atomic E-state index is 12.1. The van der Waals surface area contributed by atoms with E-state index in [4.69, 9.17) is 0 Å². The molecule has 1 aromatic heterocycles. The fourth-order valence-corrected chi connectivity index (χ4v) is 2.14. The first-order valence-electron chi connectivity index (χ1n) is 6.15. The van der Waals surface area contributed by atoms with E-state index in [1.165, 1.54) is 6.42 Å². The minimum Gasteiger partial charge on any atom is -0.339 e. The second-order valence-electron chi connectivity index (χ2n) is 4.52. The van der Waals surface area contributed by atoms with Gasteiger partial charge in [0.1, 0.15) is 0 Å². The third-order valence-corrected chi connectivity index (χ3v) is 3.11. The molecular formula is C13H21Cl2N3O. The number of pyridine rings is 1. The van der Waals surface area contributed by atoms with Gasteiger partial charge in [-0.25, -0.2) is 0 Å². The molecule has 108 valence electrons. The predicted molar refractivity (Wildman–Crippen MR) is 80.8 cm³/mol. The lowest BCUT2D eigenvalue weighted by molar-refractivity contribution is -0.133. The number of halogens is 2. The zero-order valence-electron chi connectivity index (χ0n) is 11.0. The predicted octanol–water partition coefficient (Wildman–Crippen LogP) is 2.03. The van der Waals surface area contributed by atoms with Crippen LogP contribution in [-0.4, -0.2) is 35.4 Å². The zero-order valence-corrected chi connectivity index (χ0v) is 12.7. The van der Waals surface area contributed by atoms with Crippen LogP contribution in [0.25, 0.3) is 0 Å². The van der Waals surface area contributed by atoms with Crippen molar-refractivity contribution in [3.05, 3.63) is 30.1 Å². The molecule has 1 aliphatic heterocycles. The van der Waals surface area contributed by atoms with Gasteiger partial charge in [-0.05, 0) is 31.5 Å². The van der Waals surface area contributed by atoms with Gasteiger partial charge in [0.15, 0.2) is 0 Å². The molecule has 2 rings (SSSR count). The molecule has 0 aliphatic carbocycles. The Labute approximate surface area is 126 Å². The Balaban J connectivity index is 0.00000162. The zero-order chi connectivity index (χ0) is 12.1. The Morgan fingerprint density at radius 1 is 1.42 bits per heavy atom. The highest BCUT2D eigenvalue weighted by Crippen LogP contribution is 2.10. The molecule has 1 saturated heterocycles. The minimum absolute atomic E-state index is 0. The summed E-state index contributed by atoms with van der Waals surface area (Å²) in [7, 11) is 1.84. The van der Waals surface area contributed by atoms with E-state index < -0.39 is 0 Å². The van der Waals surface area contributed by atoms with Crippen molar-refractivity contribution in [3.8, 4) is 0 Å². The monoisotopic (exact) mass is 305 g/mol. The molecule has 1 aromatic rings. The van der Waals surface area contributed by atoms with Crippen LogP contribution in [0.2, 0.25) is 0 Å². The number of rotatable bonds is 3. The van der Waals surface area contributed by atoms with Crippen LogP contribution in [0.15, 0.2) is 24.4 Å². The van der Waals surface area contributed by atoms with Gasteiger partial charge in [0.05, 0.1) is 18.3 Å². The Morgan fingerprint density at radius 2 is 2.21 bits per heavy atom. The van der Waals surface area contributed by atoms with Crippen LogP contribution in [0.4, 0.5) is 0 Å². The van der Waals surface area contributed by atoms with Gasteiger partial charge in [-0.1, -0.05) is 12.5 Å². The summed E-state index contributed by atoms with van der Waals surface area (Å²) < 4.78 is 0. The van der Waals surface area contributed by atoms with Crippen molar-refractivity contribution < 1.29 is 4.79 Å². The molecule has 2 heterocycles. The number of carbonyl (C=O) groups excluding carboxylic acids is 1. The van der Waals surface area contributed by atoms with Crippen molar-refractivity contribution in [1.82, 2.24) is 15.2 Å². The summed E-state index contributed by atoms with van der Waals surface area (Å²) >= 11 is 0. The molecule has 0 saturated carbocycles. The third kappa shape index (κ3) is 5.35. The molecular weight excluding hydrogens is 285 g/mol. The fourth-order valence-electron chi connectivity index (χ4n) is 2.14. The van der Waals surface area contributed by atoms with E-state index in [1.807, 2.05) is 25.2 Å². The van der Waals surface area contributed by atoms with Gasteiger partial charge in [0, 0.05) is 13.2 Å². The SMILES string of the molecule is CN(Cc1ccccn1)C(=O)C1CCCCN1.Cl.Cl. The summed E-state index contributed by atoms with van der Waals surface area (Å²) in [5, 5.41) is 3.27. The number of likely N-dealkylation sites (N-methyl/N-ethyl adjacent to an activating group) is 1. The Bertz CT molecular complexity index is 369. The van der Waals surface area contributed by atoms with Crippen LogP contribution >= 0.6 is 24.8 Å². The van der Waals surface area contributed by atoms with E-state index in [-0.39, 0.29) is 36.8 Å². The van der Waals surface area contributed by atoms with Crippen molar-refractivity contribution >= 4 is 30.7 Å². The van der Waals surface area contributed by atoms with Crippen LogP contribution < -0.4 is 5.32 Å². The van der Waals surface area contributed by atoms with E-state index in [0.717, 1.165) is 25.1 Å². The van der Waals surface area contributed by atoms with Crippen molar-refractivity contribution in [2.45, 2.75) is 31.8 Å². The molecule has 1 fully saturated rings. The Kier molecular flexibility index (Phi) is 8.72. The molecule has 19 heavy (non-hydrogen) atoms. The molecule has 1 unspecified atom stereocenters. The summed E-state index contributed by atoms with van der Waals surface area (Å²) in [5.41, 5.74) is 0.930. The molecule has 4 nitrogen and oxygen atoms in total. The summed E-state index contributed by atoms with van der Waals surface area (Å²) in [5.74, 6) is 0.176. The highest BCUT2D eigenvalue weighted by molar-refractivity contribution is 5.85. The van der Waals surface area contributed by atoms with Crippen LogP contribution in [-0.2, 0) is 11.3 Å². The van der Waals surface area contributed by atoms with Gasteiger partial charge in [0.25, 0.3) is 0 Å². The lowest BCUT2D eigenvalue weighted by atomic mass is 10.0. The van der Waals surface area contributed by atoms with E-state index >= 15 is 0 Å². The second-order valence-corrected chi connectivity index (χ2v) is 4.52. The number of hydrogen-bond acceptors (Lipinski definition) is 3. The van der Waals surface area contributed by atoms with Gasteiger partial charge in [-0.2, -0.15) is 0 Å². The molecule has 1 N–H and O–H groups in total. The number of nitrogens with zero attached hydrogens (tertiary/aromatic N) is 2. The normalized spacial score (nSPS) is 17.8. The van der Waals surface area contributed by atoms with Crippen LogP contribution in [0.1, 0.15) is 25.0 Å². The van der Waals surface area contributed by atoms with Crippen molar-refractivity contribution in [2.24, 2.45) is 0 Å². The standard InChI is InChI=1S/C13H19N3O.2ClH/c1-16(10-11-6-2-4-8-14-11)13(17)12-7-3-5-9-15-12;;/h2,4,6,8,12,15H,3,5,7,9-10H2,1H3;2*1H. The first kappa shape index (κ1) is 18.2. The van der Waals surface area contributed by atoms with E-state index in [9.17, 15) is 4.79 Å². The summed E-state index contributed by atoms with van der Waals surface area (Å²) in [4.78, 5) is 18.1. The molecule has 1 amide bonds. The van der Waals surface area contributed by atoms with Crippen LogP contribution in [0.5, 0.6) is 0 Å². The number of piperidine rings is 1. The third-order valence-electron chi connectivity index (χ3n) is 3.11. The first-order chi connectivity index (χ1) is 8.27. The second kappa shape index (κ2) is 9.13. The van der Waals surface area contributed by atoms with Crippen molar-refractivity contribution in [1.29, 1.82) is 0 Å². The highest BCUT2D eigenvalue weighted by Gasteiger charge is 2.23. The Morgan fingerprint density at radius 3 is 2.79 bits per heavy atom. The average Bonchev–Trinajstić information content (AvgIpc) is 2.40. The van der Waals surface area contributed by atoms with E-state index in [2.05, 4.69) is 10.3 Å². The van der Waals surface area contributed by atoms with E-state index in [0.29, 0.717) is 6.54 Å². The molecule has 6 heteroatoms. The van der Waals surface area contributed by atoms with Crippen molar-refractivity contribution in [3.63, 3.8) is 0 Å². The van der Waals surface area contributed by atoms with Gasteiger partial charge >= 0.3 is 0 Å². The molecule has 0 bridgehead atoms. The first-order valence-corrected chi connectivity index (χ1v) is 6.15. The average molecular weight is 306 g/mol. The van der Waals surface area contributed by atoms with Gasteiger partial charge in [-0.3, -0.25) is 9.78 Å². The lowest BCUT2D eigenvalue weighted by Crippen LogP contribution is -2.47. The van der Waals surface area contributed by atoms with E-state index in [1.54, 1.807) is 11.1 Å². The van der Waals surface area contributed by atoms with Crippen LogP contribution in [0, 0.1) is 0 Å². The molecule has 0 spiro atoms. The molecule has 1 aliphatic rings. The van der Waals surface area contributed by atoms with Gasteiger partial charge in [0.2, 0.25) is 5.91 Å². The maximum atomic E-state index is 12.1. The maximum Gasteiger partial charge on any atom is 0.239 e. The van der Waals surface area contributed by atoms with Crippen LogP contribution in [0.3, 0.4) is 0 Å². The summed E-state index contributed by atoms with van der Waals surface area (Å²) in [6.45, 7) is 1.53. The fraction of sp³-hybridized carbons (Fsp3) is 0.538. The number of aromatic nitrogens is 1.